The van der Waals surface area contributed by atoms with Gasteiger partial charge in [0.25, 0.3) is 5.91 Å². The molecule has 36 heavy (non-hydrogen) atoms. The number of anilines is 1. The first-order valence-electron chi connectivity index (χ1n) is 12.3. The first-order valence-corrected chi connectivity index (χ1v) is 13.2. The molecular formula is C27H33N5O3S. The van der Waals surface area contributed by atoms with E-state index in [0.717, 1.165) is 35.8 Å². The van der Waals surface area contributed by atoms with Gasteiger partial charge in [0.15, 0.2) is 5.82 Å². The van der Waals surface area contributed by atoms with Gasteiger partial charge in [0.1, 0.15) is 12.3 Å². The van der Waals surface area contributed by atoms with E-state index in [1.54, 1.807) is 12.0 Å². The van der Waals surface area contributed by atoms with E-state index >= 15 is 0 Å². The molecule has 2 aromatic heterocycles. The monoisotopic (exact) mass is 507 g/mol. The van der Waals surface area contributed by atoms with Crippen molar-refractivity contribution < 1.29 is 14.3 Å². The maximum absolute atomic E-state index is 13.2. The number of carbonyl (C=O) groups excluding carboxylic acids is 2. The number of methoxy groups -OCH3 is 1. The van der Waals surface area contributed by atoms with Gasteiger partial charge >= 0.3 is 0 Å². The Balaban J connectivity index is 1.37. The number of rotatable bonds is 8. The number of aromatic nitrogens is 2. The number of benzene rings is 1. The van der Waals surface area contributed by atoms with Gasteiger partial charge in [-0.1, -0.05) is 32.0 Å². The average molecular weight is 508 g/mol. The van der Waals surface area contributed by atoms with E-state index in [4.69, 9.17) is 4.74 Å². The van der Waals surface area contributed by atoms with Gasteiger partial charge in [-0.25, -0.2) is 0 Å². The topological polar surface area (TPSA) is 78.9 Å². The zero-order chi connectivity index (χ0) is 25.5. The molecule has 2 amide bonds. The van der Waals surface area contributed by atoms with Crippen molar-refractivity contribution in [2.75, 3.05) is 51.3 Å². The van der Waals surface area contributed by atoms with Crippen LogP contribution >= 0.6 is 11.3 Å². The van der Waals surface area contributed by atoms with E-state index in [1.165, 1.54) is 11.3 Å². The maximum Gasteiger partial charge on any atom is 0.264 e. The summed E-state index contributed by atoms with van der Waals surface area (Å²) in [5.74, 6) is 1.77. The molecule has 0 spiro atoms. The van der Waals surface area contributed by atoms with Gasteiger partial charge in [-0.15, -0.1) is 21.5 Å². The van der Waals surface area contributed by atoms with Crippen molar-refractivity contribution in [3.8, 4) is 17.0 Å². The highest BCUT2D eigenvalue weighted by Gasteiger charge is 2.25. The Morgan fingerprint density at radius 2 is 1.92 bits per heavy atom. The van der Waals surface area contributed by atoms with Crippen LogP contribution in [0.4, 0.5) is 5.82 Å². The molecule has 190 valence electrons. The molecule has 1 fully saturated rings. The van der Waals surface area contributed by atoms with E-state index in [9.17, 15) is 9.59 Å². The van der Waals surface area contributed by atoms with Gasteiger partial charge < -0.3 is 19.4 Å². The van der Waals surface area contributed by atoms with E-state index in [0.29, 0.717) is 31.1 Å². The van der Waals surface area contributed by atoms with Crippen molar-refractivity contribution in [3.63, 3.8) is 0 Å². The Kier molecular flexibility index (Phi) is 8.53. The lowest BCUT2D eigenvalue weighted by atomic mass is 10.1. The van der Waals surface area contributed by atoms with Gasteiger partial charge in [0.05, 0.1) is 17.7 Å². The molecule has 3 heterocycles. The van der Waals surface area contributed by atoms with Crippen LogP contribution in [0.5, 0.6) is 5.75 Å². The second-order valence-electron chi connectivity index (χ2n) is 9.29. The van der Waals surface area contributed by atoms with Crippen molar-refractivity contribution in [2.45, 2.75) is 20.3 Å². The second kappa shape index (κ2) is 12.0. The first kappa shape index (κ1) is 25.6. The number of hydrogen-bond acceptors (Lipinski definition) is 7. The molecule has 0 bridgehead atoms. The molecule has 1 aliphatic rings. The van der Waals surface area contributed by atoms with Gasteiger partial charge in [0, 0.05) is 38.3 Å². The lowest BCUT2D eigenvalue weighted by Crippen LogP contribution is -2.45. The minimum absolute atomic E-state index is 0.0122. The van der Waals surface area contributed by atoms with Crippen molar-refractivity contribution in [1.82, 2.24) is 20.0 Å². The van der Waals surface area contributed by atoms with Crippen molar-refractivity contribution in [2.24, 2.45) is 5.92 Å². The minimum atomic E-state index is -0.0742. The normalized spacial score (nSPS) is 14.0. The number of nitrogens with zero attached hydrogens (tertiary/aromatic N) is 5. The zero-order valence-electron chi connectivity index (χ0n) is 21.1. The summed E-state index contributed by atoms with van der Waals surface area (Å²) in [6.45, 7) is 7.48. The quantitative estimate of drug-likeness (QED) is 0.458. The Morgan fingerprint density at radius 1 is 1.06 bits per heavy atom. The Hall–Kier alpha value is -3.46. The second-order valence-corrected chi connectivity index (χ2v) is 10.2. The third kappa shape index (κ3) is 6.40. The Morgan fingerprint density at radius 3 is 2.61 bits per heavy atom. The SMILES string of the molecule is COc1cccc(-c2ccc(N3CCCN(C(=O)CN(CC(C)C)C(=O)c4cccs4)CC3)nn2)c1. The molecule has 0 atom stereocenters. The number of thiophene rings is 1. The molecule has 0 saturated carbocycles. The molecule has 3 aromatic rings. The summed E-state index contributed by atoms with van der Waals surface area (Å²) in [5, 5.41) is 10.8. The summed E-state index contributed by atoms with van der Waals surface area (Å²) in [4.78, 5) is 32.5. The van der Waals surface area contributed by atoms with Crippen molar-refractivity contribution >= 4 is 29.0 Å². The van der Waals surface area contributed by atoms with Crippen LogP contribution < -0.4 is 9.64 Å². The van der Waals surface area contributed by atoms with E-state index in [1.807, 2.05) is 58.8 Å². The van der Waals surface area contributed by atoms with Crippen molar-refractivity contribution in [3.05, 3.63) is 58.8 Å². The fourth-order valence-corrected chi connectivity index (χ4v) is 5.00. The standard InChI is InChI=1S/C27H33N5O3S/c1-20(2)18-32(27(34)24-9-5-16-36-24)19-26(33)31-13-6-12-30(14-15-31)25-11-10-23(28-29-25)21-7-4-8-22(17-21)35-3/h4-5,7-11,16-17,20H,6,12-15,18-19H2,1-3H3. The van der Waals surface area contributed by atoms with Crippen LogP contribution in [0.3, 0.4) is 0 Å². The lowest BCUT2D eigenvalue weighted by Gasteiger charge is -2.28. The van der Waals surface area contributed by atoms with Crippen LogP contribution in [0.15, 0.2) is 53.9 Å². The molecular weight excluding hydrogens is 474 g/mol. The van der Waals surface area contributed by atoms with Crippen LogP contribution in [0.1, 0.15) is 29.9 Å². The van der Waals surface area contributed by atoms with Gasteiger partial charge in [-0.2, -0.15) is 0 Å². The lowest BCUT2D eigenvalue weighted by molar-refractivity contribution is -0.131. The summed E-state index contributed by atoms with van der Waals surface area (Å²) in [6, 6.07) is 15.4. The Bertz CT molecular complexity index is 1150. The molecule has 0 aliphatic carbocycles. The third-order valence-electron chi connectivity index (χ3n) is 6.12. The molecule has 9 heteroatoms. The first-order chi connectivity index (χ1) is 17.4. The van der Waals surface area contributed by atoms with Crippen LogP contribution in [0.25, 0.3) is 11.3 Å². The number of hydrogen-bond donors (Lipinski definition) is 0. The highest BCUT2D eigenvalue weighted by atomic mass is 32.1. The number of ether oxygens (including phenoxy) is 1. The zero-order valence-corrected chi connectivity index (χ0v) is 21.9. The van der Waals surface area contributed by atoms with Crippen LogP contribution in [0.2, 0.25) is 0 Å². The van der Waals surface area contributed by atoms with Crippen molar-refractivity contribution in [1.29, 1.82) is 0 Å². The summed E-state index contributed by atoms with van der Waals surface area (Å²) in [6.07, 6.45) is 0.827. The van der Waals surface area contributed by atoms with Gasteiger partial charge in [0.2, 0.25) is 5.91 Å². The smallest absolute Gasteiger partial charge is 0.264 e. The predicted octanol–water partition coefficient (Wildman–Crippen LogP) is 4.05. The predicted molar refractivity (Wildman–Crippen MR) is 142 cm³/mol. The van der Waals surface area contributed by atoms with Crippen LogP contribution in [0, 0.1) is 5.92 Å². The van der Waals surface area contributed by atoms with E-state index < -0.39 is 0 Å². The maximum atomic E-state index is 13.2. The summed E-state index contributed by atoms with van der Waals surface area (Å²) >= 11 is 1.41. The fourth-order valence-electron chi connectivity index (χ4n) is 4.31. The Labute approximate surface area is 216 Å². The summed E-state index contributed by atoms with van der Waals surface area (Å²) in [7, 11) is 1.64. The molecule has 1 aliphatic heterocycles. The molecule has 0 N–H and O–H groups in total. The van der Waals surface area contributed by atoms with Crippen LogP contribution in [-0.2, 0) is 4.79 Å². The molecule has 0 unspecified atom stereocenters. The number of amides is 2. The van der Waals surface area contributed by atoms with Gasteiger partial charge in [-0.05, 0) is 48.1 Å². The highest BCUT2D eigenvalue weighted by molar-refractivity contribution is 7.12. The molecule has 8 nitrogen and oxygen atoms in total. The molecule has 1 aromatic carbocycles. The summed E-state index contributed by atoms with van der Waals surface area (Å²) in [5.41, 5.74) is 1.73. The molecule has 1 saturated heterocycles. The fraction of sp³-hybridized carbons (Fsp3) is 0.407. The largest absolute Gasteiger partial charge is 0.497 e. The van der Waals surface area contributed by atoms with Crippen LogP contribution in [-0.4, -0.2) is 78.2 Å². The van der Waals surface area contributed by atoms with E-state index in [-0.39, 0.29) is 24.3 Å². The van der Waals surface area contributed by atoms with Gasteiger partial charge in [-0.3, -0.25) is 9.59 Å². The molecule has 4 rings (SSSR count). The van der Waals surface area contributed by atoms with E-state index in [2.05, 4.69) is 28.9 Å². The minimum Gasteiger partial charge on any atom is -0.497 e. The highest BCUT2D eigenvalue weighted by Crippen LogP contribution is 2.23. The third-order valence-corrected chi connectivity index (χ3v) is 6.98. The average Bonchev–Trinajstić information content (AvgIpc) is 3.32. The molecule has 0 radical (unpaired) electrons. The summed E-state index contributed by atoms with van der Waals surface area (Å²) < 4.78 is 5.30. The number of carbonyl (C=O) groups is 2.